The van der Waals surface area contributed by atoms with Gasteiger partial charge in [0.2, 0.25) is 0 Å². The van der Waals surface area contributed by atoms with E-state index in [1.807, 2.05) is 0 Å². The van der Waals surface area contributed by atoms with Crippen molar-refractivity contribution < 1.29 is 0 Å². The minimum Gasteiger partial charge on any atom is -0.299 e. The van der Waals surface area contributed by atoms with Gasteiger partial charge in [0.1, 0.15) is 0 Å². The van der Waals surface area contributed by atoms with Crippen molar-refractivity contribution in [2.24, 2.45) is 5.92 Å². The van der Waals surface area contributed by atoms with Gasteiger partial charge in [0, 0.05) is 17.1 Å². The molecule has 1 fully saturated rings. The molecule has 2 rings (SSSR count). The molecule has 0 aromatic heterocycles. The van der Waals surface area contributed by atoms with Crippen LogP contribution in [0.2, 0.25) is 0 Å². The molecule has 1 aromatic carbocycles. The highest BCUT2D eigenvalue weighted by molar-refractivity contribution is 9.10. The Kier molecular flexibility index (Phi) is 4.63. The lowest BCUT2D eigenvalue weighted by atomic mass is 9.86. The maximum Gasteiger partial charge on any atom is 0.0244 e. The van der Waals surface area contributed by atoms with E-state index >= 15 is 0 Å². The summed E-state index contributed by atoms with van der Waals surface area (Å²) in [4.78, 5) is 2.52. The second-order valence-corrected chi connectivity index (χ2v) is 6.27. The molecule has 1 aliphatic carbocycles. The summed E-state index contributed by atoms with van der Waals surface area (Å²) in [5, 5.41) is 0. The SMILES string of the molecule is CC1CCC(N(C)Cc2ccccc2Br)CC1. The first-order valence-corrected chi connectivity index (χ1v) is 7.39. The molecule has 1 saturated carbocycles. The van der Waals surface area contributed by atoms with E-state index in [0.717, 1.165) is 18.5 Å². The Labute approximate surface area is 113 Å². The molecule has 1 aliphatic rings. The fourth-order valence-corrected chi connectivity index (χ4v) is 3.12. The molecule has 17 heavy (non-hydrogen) atoms. The smallest absolute Gasteiger partial charge is 0.0244 e. The van der Waals surface area contributed by atoms with Crippen molar-refractivity contribution in [3.63, 3.8) is 0 Å². The zero-order chi connectivity index (χ0) is 12.3. The Bertz CT molecular complexity index is 356. The zero-order valence-corrected chi connectivity index (χ0v) is 12.4. The van der Waals surface area contributed by atoms with Crippen molar-refractivity contribution in [2.45, 2.75) is 45.2 Å². The molecule has 0 unspecified atom stereocenters. The van der Waals surface area contributed by atoms with Crippen LogP contribution in [-0.4, -0.2) is 18.0 Å². The van der Waals surface area contributed by atoms with E-state index in [2.05, 4.69) is 59.1 Å². The molecule has 0 N–H and O–H groups in total. The average Bonchev–Trinajstić information content (AvgIpc) is 2.33. The predicted octanol–water partition coefficient (Wildman–Crippen LogP) is 4.46. The van der Waals surface area contributed by atoms with Gasteiger partial charge in [-0.15, -0.1) is 0 Å². The molecule has 1 nitrogen and oxygen atoms in total. The summed E-state index contributed by atoms with van der Waals surface area (Å²) in [7, 11) is 2.26. The van der Waals surface area contributed by atoms with Crippen LogP contribution in [-0.2, 0) is 6.54 Å². The fraction of sp³-hybridized carbons (Fsp3) is 0.600. The fourth-order valence-electron chi connectivity index (χ4n) is 2.71. The van der Waals surface area contributed by atoms with Crippen molar-refractivity contribution in [1.29, 1.82) is 0 Å². The van der Waals surface area contributed by atoms with Crippen LogP contribution >= 0.6 is 15.9 Å². The highest BCUT2D eigenvalue weighted by atomic mass is 79.9. The highest BCUT2D eigenvalue weighted by Crippen LogP contribution is 2.28. The summed E-state index contributed by atoms with van der Waals surface area (Å²) in [6.45, 7) is 3.43. The van der Waals surface area contributed by atoms with Gasteiger partial charge in [-0.3, -0.25) is 4.90 Å². The number of benzene rings is 1. The lowest BCUT2D eigenvalue weighted by molar-refractivity contribution is 0.163. The number of hydrogen-bond donors (Lipinski definition) is 0. The standard InChI is InChI=1S/C15H22BrN/c1-12-7-9-14(10-8-12)17(2)11-13-5-3-4-6-15(13)16/h3-6,12,14H,7-11H2,1-2H3. The lowest BCUT2D eigenvalue weighted by Crippen LogP contribution is -2.34. The molecule has 0 radical (unpaired) electrons. The average molecular weight is 296 g/mol. The topological polar surface area (TPSA) is 3.24 Å². The van der Waals surface area contributed by atoms with Gasteiger partial charge in [-0.2, -0.15) is 0 Å². The number of nitrogens with zero attached hydrogens (tertiary/aromatic N) is 1. The first kappa shape index (κ1) is 13.1. The summed E-state index contributed by atoms with van der Waals surface area (Å²) in [5.74, 6) is 0.933. The second-order valence-electron chi connectivity index (χ2n) is 5.42. The van der Waals surface area contributed by atoms with Crippen LogP contribution in [0.5, 0.6) is 0 Å². The Morgan fingerprint density at radius 3 is 2.47 bits per heavy atom. The van der Waals surface area contributed by atoms with Crippen LogP contribution in [0.3, 0.4) is 0 Å². The van der Waals surface area contributed by atoms with E-state index in [0.29, 0.717) is 0 Å². The quantitative estimate of drug-likeness (QED) is 0.796. The van der Waals surface area contributed by atoms with Crippen LogP contribution in [0.1, 0.15) is 38.2 Å². The third-order valence-corrected chi connectivity index (χ3v) is 4.76. The van der Waals surface area contributed by atoms with E-state index in [1.165, 1.54) is 35.7 Å². The summed E-state index contributed by atoms with van der Waals surface area (Å²) in [6, 6.07) is 9.32. The zero-order valence-electron chi connectivity index (χ0n) is 10.8. The molecule has 0 heterocycles. The van der Waals surface area contributed by atoms with Gasteiger partial charge in [0.05, 0.1) is 0 Å². The Balaban J connectivity index is 1.93. The molecular formula is C15H22BrN. The van der Waals surface area contributed by atoms with Crippen molar-refractivity contribution in [3.8, 4) is 0 Å². The molecule has 94 valence electrons. The van der Waals surface area contributed by atoms with Gasteiger partial charge in [-0.25, -0.2) is 0 Å². The van der Waals surface area contributed by atoms with Crippen LogP contribution in [0.4, 0.5) is 0 Å². The third kappa shape index (κ3) is 3.56. The first-order valence-electron chi connectivity index (χ1n) is 6.60. The van der Waals surface area contributed by atoms with E-state index < -0.39 is 0 Å². The number of hydrogen-bond acceptors (Lipinski definition) is 1. The molecule has 2 heteroatoms. The third-order valence-electron chi connectivity index (χ3n) is 3.99. The molecular weight excluding hydrogens is 274 g/mol. The molecule has 0 atom stereocenters. The Morgan fingerprint density at radius 2 is 1.82 bits per heavy atom. The van der Waals surface area contributed by atoms with Gasteiger partial charge in [0.15, 0.2) is 0 Å². The molecule has 0 spiro atoms. The van der Waals surface area contributed by atoms with E-state index in [1.54, 1.807) is 0 Å². The normalized spacial score (nSPS) is 25.2. The van der Waals surface area contributed by atoms with E-state index in [9.17, 15) is 0 Å². The molecule has 0 aliphatic heterocycles. The lowest BCUT2D eigenvalue weighted by Gasteiger charge is -2.33. The van der Waals surface area contributed by atoms with Crippen LogP contribution in [0, 0.1) is 5.92 Å². The molecule has 1 aromatic rings. The minimum atomic E-state index is 0.776. The van der Waals surface area contributed by atoms with Gasteiger partial charge in [-0.1, -0.05) is 41.1 Å². The number of halogens is 1. The predicted molar refractivity (Wildman–Crippen MR) is 77.0 cm³/mol. The maximum absolute atomic E-state index is 3.63. The molecule has 0 amide bonds. The summed E-state index contributed by atoms with van der Waals surface area (Å²) in [5.41, 5.74) is 1.40. The Morgan fingerprint density at radius 1 is 1.18 bits per heavy atom. The van der Waals surface area contributed by atoms with Crippen molar-refractivity contribution in [1.82, 2.24) is 4.90 Å². The van der Waals surface area contributed by atoms with Crippen molar-refractivity contribution >= 4 is 15.9 Å². The minimum absolute atomic E-state index is 0.776. The maximum atomic E-state index is 3.63. The van der Waals surface area contributed by atoms with Crippen LogP contribution in [0.25, 0.3) is 0 Å². The summed E-state index contributed by atoms with van der Waals surface area (Å²) in [6.07, 6.45) is 5.51. The van der Waals surface area contributed by atoms with Gasteiger partial charge >= 0.3 is 0 Å². The molecule has 0 saturated heterocycles. The van der Waals surface area contributed by atoms with Crippen molar-refractivity contribution in [2.75, 3.05) is 7.05 Å². The van der Waals surface area contributed by atoms with Crippen LogP contribution in [0.15, 0.2) is 28.7 Å². The second kappa shape index (κ2) is 6.01. The van der Waals surface area contributed by atoms with Gasteiger partial charge in [-0.05, 0) is 50.3 Å². The van der Waals surface area contributed by atoms with Gasteiger partial charge < -0.3 is 0 Å². The number of rotatable bonds is 3. The largest absolute Gasteiger partial charge is 0.299 e. The monoisotopic (exact) mass is 295 g/mol. The Hall–Kier alpha value is -0.340. The van der Waals surface area contributed by atoms with Crippen molar-refractivity contribution in [3.05, 3.63) is 34.3 Å². The van der Waals surface area contributed by atoms with E-state index in [-0.39, 0.29) is 0 Å². The molecule has 0 bridgehead atoms. The van der Waals surface area contributed by atoms with Crippen LogP contribution < -0.4 is 0 Å². The summed E-state index contributed by atoms with van der Waals surface area (Å²) >= 11 is 3.63. The summed E-state index contributed by atoms with van der Waals surface area (Å²) < 4.78 is 1.23. The first-order chi connectivity index (χ1) is 8.16. The van der Waals surface area contributed by atoms with Gasteiger partial charge in [0.25, 0.3) is 0 Å². The van der Waals surface area contributed by atoms with E-state index in [4.69, 9.17) is 0 Å². The highest BCUT2D eigenvalue weighted by Gasteiger charge is 2.21.